The second-order valence-electron chi connectivity index (χ2n) is 7.10. The second-order valence-corrected chi connectivity index (χ2v) is 9.06. The number of hydrogen-bond acceptors (Lipinski definition) is 5. The zero-order valence-electron chi connectivity index (χ0n) is 15.6. The first-order valence-corrected chi connectivity index (χ1v) is 10.8. The van der Waals surface area contributed by atoms with Gasteiger partial charge >= 0.3 is 0 Å². The topological polar surface area (TPSA) is 116 Å². The molecule has 0 saturated heterocycles. The van der Waals surface area contributed by atoms with E-state index in [2.05, 4.69) is 14.7 Å². The van der Waals surface area contributed by atoms with Crippen LogP contribution in [0.1, 0.15) is 47.2 Å². The molecule has 0 spiro atoms. The first-order chi connectivity index (χ1) is 14.3. The lowest BCUT2D eigenvalue weighted by molar-refractivity contribution is 0.103. The third-order valence-corrected chi connectivity index (χ3v) is 7.07. The summed E-state index contributed by atoms with van der Waals surface area (Å²) >= 11 is 0. The minimum Gasteiger partial charge on any atom is -0.345 e. The molecule has 2 aromatic heterocycles. The highest BCUT2D eigenvalue weighted by Crippen LogP contribution is 2.30. The number of nitriles is 1. The third kappa shape index (κ3) is 3.41. The Morgan fingerprint density at radius 3 is 2.70 bits per heavy atom. The van der Waals surface area contributed by atoms with Crippen LogP contribution in [0.5, 0.6) is 0 Å². The molecule has 2 N–H and O–H groups in total. The molecule has 0 bridgehead atoms. The van der Waals surface area contributed by atoms with Gasteiger partial charge in [0.05, 0.1) is 22.1 Å². The Kier molecular flexibility index (Phi) is 4.99. The number of nitrogens with one attached hydrogen (secondary N) is 2. The van der Waals surface area contributed by atoms with Crippen molar-refractivity contribution in [3.05, 3.63) is 58.9 Å². The van der Waals surface area contributed by atoms with E-state index in [1.165, 1.54) is 18.5 Å². The molecule has 30 heavy (non-hydrogen) atoms. The van der Waals surface area contributed by atoms with Crippen molar-refractivity contribution >= 4 is 32.5 Å². The number of pyridine rings is 1. The van der Waals surface area contributed by atoms with Crippen LogP contribution in [-0.4, -0.2) is 29.4 Å². The number of sulfonamides is 1. The number of hydrogen-bond donors (Lipinski definition) is 2. The molecular formula is C20H16F2N4O3S. The van der Waals surface area contributed by atoms with E-state index in [0.29, 0.717) is 12.8 Å². The summed E-state index contributed by atoms with van der Waals surface area (Å²) in [6.07, 6.45) is 5.00. The third-order valence-electron chi connectivity index (χ3n) is 5.22. The van der Waals surface area contributed by atoms with Gasteiger partial charge in [-0.25, -0.2) is 22.2 Å². The Morgan fingerprint density at radius 2 is 2.00 bits per heavy atom. The number of carbonyl (C=O) groups is 1. The smallest absolute Gasteiger partial charge is 0.235 e. The molecule has 1 aliphatic carbocycles. The summed E-state index contributed by atoms with van der Waals surface area (Å²) in [4.78, 5) is 19.7. The summed E-state index contributed by atoms with van der Waals surface area (Å²) in [5, 5.41) is 8.62. The van der Waals surface area contributed by atoms with Gasteiger partial charge in [-0.05, 0) is 31.0 Å². The summed E-state index contributed by atoms with van der Waals surface area (Å²) in [5.74, 6) is -3.41. The van der Waals surface area contributed by atoms with Gasteiger partial charge in [-0.3, -0.25) is 9.52 Å². The first-order valence-electron chi connectivity index (χ1n) is 9.23. The summed E-state index contributed by atoms with van der Waals surface area (Å²) in [5.41, 5.74) is -0.998. The number of aromatic nitrogens is 2. The predicted molar refractivity (Wildman–Crippen MR) is 105 cm³/mol. The largest absolute Gasteiger partial charge is 0.345 e. The van der Waals surface area contributed by atoms with E-state index in [4.69, 9.17) is 5.26 Å². The molecule has 0 unspecified atom stereocenters. The molecule has 0 atom stereocenters. The minimum absolute atomic E-state index is 0.0804. The average molecular weight is 430 g/mol. The van der Waals surface area contributed by atoms with Crippen LogP contribution in [0.25, 0.3) is 11.0 Å². The Morgan fingerprint density at radius 1 is 1.27 bits per heavy atom. The van der Waals surface area contributed by atoms with E-state index >= 15 is 4.39 Å². The Hall–Kier alpha value is -3.32. The van der Waals surface area contributed by atoms with Gasteiger partial charge < -0.3 is 4.98 Å². The Labute approximate surface area is 170 Å². The van der Waals surface area contributed by atoms with E-state index < -0.39 is 43.9 Å². The lowest BCUT2D eigenvalue weighted by atomic mass is 10.0. The van der Waals surface area contributed by atoms with Crippen molar-refractivity contribution in [3.63, 3.8) is 0 Å². The SMILES string of the molecule is N#Cc1cnc2[nH]cc(C(=O)c3c(F)ccc(NS(=O)(=O)C4CCCC4)c3F)c2c1. The summed E-state index contributed by atoms with van der Waals surface area (Å²) in [6.45, 7) is 0. The lowest BCUT2D eigenvalue weighted by Crippen LogP contribution is -2.26. The monoisotopic (exact) mass is 430 g/mol. The lowest BCUT2D eigenvalue weighted by Gasteiger charge is -2.15. The Balaban J connectivity index is 1.75. The van der Waals surface area contributed by atoms with Gasteiger partial charge in [0.25, 0.3) is 0 Å². The molecule has 7 nitrogen and oxygen atoms in total. The van der Waals surface area contributed by atoms with Crippen LogP contribution >= 0.6 is 0 Å². The van der Waals surface area contributed by atoms with Gasteiger partial charge in [0.1, 0.15) is 17.5 Å². The maximum absolute atomic E-state index is 15.1. The van der Waals surface area contributed by atoms with Crippen molar-refractivity contribution in [2.24, 2.45) is 0 Å². The second kappa shape index (κ2) is 7.50. The van der Waals surface area contributed by atoms with Crippen molar-refractivity contribution in [2.75, 3.05) is 4.72 Å². The van der Waals surface area contributed by atoms with Crippen molar-refractivity contribution in [2.45, 2.75) is 30.9 Å². The molecular weight excluding hydrogens is 414 g/mol. The number of carbonyl (C=O) groups excluding carboxylic acids is 1. The zero-order chi connectivity index (χ0) is 21.5. The fraction of sp³-hybridized carbons (Fsp3) is 0.250. The van der Waals surface area contributed by atoms with E-state index in [9.17, 15) is 17.6 Å². The highest BCUT2D eigenvalue weighted by Gasteiger charge is 2.31. The van der Waals surface area contributed by atoms with Crippen molar-refractivity contribution in [3.8, 4) is 6.07 Å². The quantitative estimate of drug-likeness (QED) is 0.600. The number of H-pyrrole nitrogens is 1. The normalized spacial score (nSPS) is 14.7. The molecule has 0 amide bonds. The van der Waals surface area contributed by atoms with Gasteiger partial charge in [0.2, 0.25) is 15.8 Å². The minimum atomic E-state index is -3.86. The fourth-order valence-electron chi connectivity index (χ4n) is 3.66. The maximum atomic E-state index is 15.1. The summed E-state index contributed by atoms with van der Waals surface area (Å²) in [6, 6.07) is 5.07. The van der Waals surface area contributed by atoms with Crippen LogP contribution in [0, 0.1) is 23.0 Å². The van der Waals surface area contributed by atoms with E-state index in [0.717, 1.165) is 25.0 Å². The highest BCUT2D eigenvalue weighted by atomic mass is 32.2. The van der Waals surface area contributed by atoms with E-state index in [1.54, 1.807) is 0 Å². The highest BCUT2D eigenvalue weighted by molar-refractivity contribution is 7.93. The number of halogens is 2. The van der Waals surface area contributed by atoms with Crippen molar-refractivity contribution in [1.82, 2.24) is 9.97 Å². The molecule has 2 heterocycles. The molecule has 1 aromatic carbocycles. The van der Waals surface area contributed by atoms with Gasteiger partial charge in [-0.1, -0.05) is 12.8 Å². The van der Waals surface area contributed by atoms with Crippen LogP contribution < -0.4 is 4.72 Å². The van der Waals surface area contributed by atoms with Gasteiger partial charge in [0, 0.05) is 23.3 Å². The number of fused-ring (bicyclic) bond motifs is 1. The zero-order valence-corrected chi connectivity index (χ0v) is 16.4. The van der Waals surface area contributed by atoms with Crippen molar-refractivity contribution in [1.29, 1.82) is 5.26 Å². The number of rotatable bonds is 5. The van der Waals surface area contributed by atoms with E-state index in [-0.39, 0.29) is 22.2 Å². The first kappa shape index (κ1) is 20.0. The molecule has 154 valence electrons. The van der Waals surface area contributed by atoms with Crippen LogP contribution in [0.15, 0.2) is 30.6 Å². The molecule has 1 aliphatic rings. The fourth-order valence-corrected chi connectivity index (χ4v) is 5.25. The number of nitrogens with zero attached hydrogens (tertiary/aromatic N) is 2. The number of ketones is 1. The summed E-state index contributed by atoms with van der Waals surface area (Å²) < 4.78 is 56.7. The molecule has 1 fully saturated rings. The van der Waals surface area contributed by atoms with E-state index in [1.807, 2.05) is 6.07 Å². The van der Waals surface area contributed by atoms with Gasteiger partial charge in [-0.15, -0.1) is 0 Å². The number of aromatic amines is 1. The molecule has 4 rings (SSSR count). The molecule has 3 aromatic rings. The van der Waals surface area contributed by atoms with Crippen LogP contribution in [-0.2, 0) is 10.0 Å². The molecule has 0 aliphatic heterocycles. The molecule has 0 radical (unpaired) electrons. The Bertz CT molecular complexity index is 1310. The predicted octanol–water partition coefficient (Wildman–Crippen LogP) is 3.63. The maximum Gasteiger partial charge on any atom is 0.235 e. The molecule has 10 heteroatoms. The number of anilines is 1. The van der Waals surface area contributed by atoms with Gasteiger partial charge in [0.15, 0.2) is 5.82 Å². The number of benzene rings is 1. The van der Waals surface area contributed by atoms with Crippen LogP contribution in [0.4, 0.5) is 14.5 Å². The van der Waals surface area contributed by atoms with Crippen LogP contribution in [0.3, 0.4) is 0 Å². The van der Waals surface area contributed by atoms with Crippen molar-refractivity contribution < 1.29 is 22.0 Å². The molecule has 1 saturated carbocycles. The summed E-state index contributed by atoms with van der Waals surface area (Å²) in [7, 11) is -3.86. The van der Waals surface area contributed by atoms with Gasteiger partial charge in [-0.2, -0.15) is 5.26 Å². The average Bonchev–Trinajstić information content (AvgIpc) is 3.40. The standard InChI is InChI=1S/C20H16F2N4O3S/c21-15-5-6-16(26-30(28,29)12-3-1-2-4-12)18(22)17(15)19(27)14-10-25-20-13(14)7-11(8-23)9-24-20/h5-7,9-10,12,26H,1-4H2,(H,24,25). The van der Waals surface area contributed by atoms with Crippen LogP contribution in [0.2, 0.25) is 0 Å².